The number of esters is 2. The normalized spacial score (nSPS) is 35.5. The molecule has 1 saturated heterocycles. The quantitative estimate of drug-likeness (QED) is 0.0869. The zero-order valence-electron chi connectivity index (χ0n) is 30.2. The lowest BCUT2D eigenvalue weighted by Crippen LogP contribution is -2.59. The van der Waals surface area contributed by atoms with E-state index in [2.05, 4.69) is 0 Å². The van der Waals surface area contributed by atoms with E-state index in [1.54, 1.807) is 25.1 Å². The standard InChI is InChI=1S/C38H56O14/c1-4-47-37(46)38(20-25(38)23-13-7-5-8-14-23)52-32(26(40)18-19-39)33(50-34(44)24-15-9-6-10-16-24)35(45)49-27-17-11-12-21(2)31(27)51-36-30(43)29(42)28(41)22(3)48-36/h6,9-10,15-16,21-23,25-31,35-36,39-43,45H,4-5,7-8,11-14,17-20H2,1-3H3/b33-32-. The predicted octanol–water partition coefficient (Wildman–Crippen LogP) is 2.45. The van der Waals surface area contributed by atoms with Gasteiger partial charge in [0.05, 0.1) is 30.5 Å². The largest absolute Gasteiger partial charge is 0.473 e. The van der Waals surface area contributed by atoms with Gasteiger partial charge in [-0.05, 0) is 50.7 Å². The van der Waals surface area contributed by atoms with Crippen LogP contribution in [-0.2, 0) is 33.2 Å². The summed E-state index contributed by atoms with van der Waals surface area (Å²) in [5.41, 5.74) is -1.39. The Kier molecular flexibility index (Phi) is 14.1. The Morgan fingerprint density at radius 3 is 2.31 bits per heavy atom. The van der Waals surface area contributed by atoms with Crippen LogP contribution < -0.4 is 0 Å². The summed E-state index contributed by atoms with van der Waals surface area (Å²) in [5.74, 6) is -2.84. The van der Waals surface area contributed by atoms with Gasteiger partial charge in [-0.1, -0.05) is 63.6 Å². The van der Waals surface area contributed by atoms with Crippen LogP contribution in [0.15, 0.2) is 41.9 Å². The molecule has 0 bridgehead atoms. The summed E-state index contributed by atoms with van der Waals surface area (Å²) < 4.78 is 35.8. The second-order valence-corrected chi connectivity index (χ2v) is 14.7. The molecule has 52 heavy (non-hydrogen) atoms. The molecule has 3 saturated carbocycles. The summed E-state index contributed by atoms with van der Waals surface area (Å²) in [6.07, 6.45) is -5.33. The maximum absolute atomic E-state index is 13.6. The highest BCUT2D eigenvalue weighted by molar-refractivity contribution is 5.90. The van der Waals surface area contributed by atoms with Gasteiger partial charge in [-0.2, -0.15) is 0 Å². The molecule has 0 aromatic heterocycles. The van der Waals surface area contributed by atoms with E-state index in [1.807, 2.05) is 6.92 Å². The van der Waals surface area contributed by atoms with Gasteiger partial charge < -0.3 is 59.1 Å². The van der Waals surface area contributed by atoms with Crippen molar-refractivity contribution in [2.75, 3.05) is 13.2 Å². The van der Waals surface area contributed by atoms with Gasteiger partial charge in [-0.25, -0.2) is 9.59 Å². The molecule has 1 aromatic rings. The Morgan fingerprint density at radius 1 is 0.923 bits per heavy atom. The molecule has 3 aliphatic carbocycles. The van der Waals surface area contributed by atoms with Crippen LogP contribution in [0.2, 0.25) is 0 Å². The molecule has 6 N–H and O–H groups in total. The highest BCUT2D eigenvalue weighted by Crippen LogP contribution is 2.57. The van der Waals surface area contributed by atoms with E-state index >= 15 is 0 Å². The highest BCUT2D eigenvalue weighted by Gasteiger charge is 2.67. The summed E-state index contributed by atoms with van der Waals surface area (Å²) in [6.45, 7) is 4.69. The van der Waals surface area contributed by atoms with Crippen molar-refractivity contribution in [3.63, 3.8) is 0 Å². The van der Waals surface area contributed by atoms with Gasteiger partial charge >= 0.3 is 11.9 Å². The fourth-order valence-electron chi connectivity index (χ4n) is 7.90. The first-order valence-corrected chi connectivity index (χ1v) is 18.8. The first-order chi connectivity index (χ1) is 24.9. The van der Waals surface area contributed by atoms with Crippen LogP contribution in [0.1, 0.15) is 95.3 Å². The van der Waals surface area contributed by atoms with Crippen LogP contribution in [0, 0.1) is 17.8 Å². The number of rotatable bonds is 15. The Morgan fingerprint density at radius 2 is 1.63 bits per heavy atom. The van der Waals surface area contributed by atoms with Crippen LogP contribution in [0.3, 0.4) is 0 Å². The summed E-state index contributed by atoms with van der Waals surface area (Å²) in [4.78, 5) is 27.2. The average Bonchev–Trinajstić information content (AvgIpc) is 3.88. The lowest BCUT2D eigenvalue weighted by atomic mass is 9.84. The number of benzene rings is 1. The fourth-order valence-corrected chi connectivity index (χ4v) is 7.90. The molecule has 1 aliphatic heterocycles. The van der Waals surface area contributed by atoms with Gasteiger partial charge in [0.1, 0.15) is 24.4 Å². The Hall–Kier alpha value is -2.66. The van der Waals surface area contributed by atoms with Crippen LogP contribution in [-0.4, -0.2) is 117 Å². The maximum atomic E-state index is 13.6. The number of ether oxygens (including phenoxy) is 6. The first-order valence-electron chi connectivity index (χ1n) is 18.8. The number of aliphatic hydroxyl groups is 6. The van der Waals surface area contributed by atoms with Gasteiger partial charge in [-0.3, -0.25) is 0 Å². The Labute approximate surface area is 304 Å². The monoisotopic (exact) mass is 736 g/mol. The molecule has 0 spiro atoms. The summed E-state index contributed by atoms with van der Waals surface area (Å²) in [6, 6.07) is 7.98. The van der Waals surface area contributed by atoms with Crippen molar-refractivity contribution >= 4 is 11.9 Å². The van der Waals surface area contributed by atoms with Crippen molar-refractivity contribution in [1.29, 1.82) is 0 Å². The van der Waals surface area contributed by atoms with E-state index < -0.39 is 91.0 Å². The molecular weight excluding hydrogens is 680 g/mol. The smallest absolute Gasteiger partial charge is 0.350 e. The molecule has 12 atom stereocenters. The van der Waals surface area contributed by atoms with E-state index in [9.17, 15) is 40.2 Å². The van der Waals surface area contributed by atoms with Gasteiger partial charge in [0.2, 0.25) is 17.7 Å². The average molecular weight is 737 g/mol. The molecule has 292 valence electrons. The third-order valence-corrected chi connectivity index (χ3v) is 11.0. The fraction of sp³-hybridized carbons (Fsp3) is 0.737. The number of carbonyl (C=O) groups excluding carboxylic acids is 2. The van der Waals surface area contributed by atoms with Gasteiger partial charge in [0.25, 0.3) is 0 Å². The summed E-state index contributed by atoms with van der Waals surface area (Å²) in [5, 5.41) is 64.5. The Bertz CT molecular complexity index is 1350. The molecule has 5 rings (SSSR count). The predicted molar refractivity (Wildman–Crippen MR) is 183 cm³/mol. The number of hydrogen-bond donors (Lipinski definition) is 6. The Balaban J connectivity index is 1.50. The van der Waals surface area contributed by atoms with Crippen molar-refractivity contribution in [2.45, 2.75) is 146 Å². The van der Waals surface area contributed by atoms with Crippen molar-refractivity contribution in [3.8, 4) is 0 Å². The van der Waals surface area contributed by atoms with Crippen molar-refractivity contribution < 1.29 is 68.6 Å². The van der Waals surface area contributed by atoms with Crippen LogP contribution in [0.4, 0.5) is 0 Å². The third kappa shape index (κ3) is 9.16. The lowest BCUT2D eigenvalue weighted by Gasteiger charge is -2.44. The second-order valence-electron chi connectivity index (χ2n) is 14.7. The zero-order chi connectivity index (χ0) is 37.6. The summed E-state index contributed by atoms with van der Waals surface area (Å²) in [7, 11) is 0. The van der Waals surface area contributed by atoms with E-state index in [1.165, 1.54) is 19.1 Å². The lowest BCUT2D eigenvalue weighted by molar-refractivity contribution is -0.322. The number of carbonyl (C=O) groups is 2. The maximum Gasteiger partial charge on any atom is 0.350 e. The van der Waals surface area contributed by atoms with Crippen LogP contribution in [0.25, 0.3) is 0 Å². The van der Waals surface area contributed by atoms with E-state index in [0.717, 1.165) is 32.1 Å². The van der Waals surface area contributed by atoms with Gasteiger partial charge in [0.15, 0.2) is 12.0 Å². The molecule has 12 unspecified atom stereocenters. The van der Waals surface area contributed by atoms with Crippen LogP contribution in [0.5, 0.6) is 0 Å². The van der Waals surface area contributed by atoms with Crippen molar-refractivity contribution in [2.24, 2.45) is 17.8 Å². The topological polar surface area (TPSA) is 211 Å². The SMILES string of the molecule is CCOC(=O)C1(O/C(=C(\OC(=O)c2ccccc2)C(O)OC2CCCC(C)C2OC2OC(C)C(O)C(O)C2O)C(O)CCO)CC1C1CCCCC1. The molecule has 4 aliphatic rings. The highest BCUT2D eigenvalue weighted by atomic mass is 16.7. The van der Waals surface area contributed by atoms with E-state index in [0.29, 0.717) is 25.7 Å². The van der Waals surface area contributed by atoms with E-state index in [-0.39, 0.29) is 36.3 Å². The molecule has 0 amide bonds. The minimum absolute atomic E-state index is 0.0799. The number of hydrogen-bond acceptors (Lipinski definition) is 14. The third-order valence-electron chi connectivity index (χ3n) is 11.0. The molecule has 14 heteroatoms. The molecule has 1 aromatic carbocycles. The minimum Gasteiger partial charge on any atom is -0.473 e. The van der Waals surface area contributed by atoms with Crippen molar-refractivity contribution in [1.82, 2.24) is 0 Å². The molecular formula is C38H56O14. The zero-order valence-corrected chi connectivity index (χ0v) is 30.2. The summed E-state index contributed by atoms with van der Waals surface area (Å²) >= 11 is 0. The second kappa shape index (κ2) is 18.1. The molecule has 1 heterocycles. The minimum atomic E-state index is -2.05. The van der Waals surface area contributed by atoms with Gasteiger partial charge in [-0.15, -0.1) is 0 Å². The number of aliphatic hydroxyl groups excluding tert-OH is 6. The molecule has 0 radical (unpaired) electrons. The molecule has 4 fully saturated rings. The van der Waals surface area contributed by atoms with Crippen LogP contribution >= 0.6 is 0 Å². The first kappa shape index (κ1) is 40.5. The van der Waals surface area contributed by atoms with Gasteiger partial charge in [0, 0.05) is 25.4 Å². The molecule has 14 nitrogen and oxygen atoms in total. The van der Waals surface area contributed by atoms with Crippen molar-refractivity contribution in [3.05, 3.63) is 47.4 Å². The van der Waals surface area contributed by atoms with E-state index in [4.69, 9.17) is 28.4 Å².